The van der Waals surface area contributed by atoms with Crippen LogP contribution < -0.4 is 0 Å². The van der Waals surface area contributed by atoms with Crippen LogP contribution in [0.3, 0.4) is 0 Å². The Bertz CT molecular complexity index is 738. The summed E-state index contributed by atoms with van der Waals surface area (Å²) in [5.41, 5.74) is 0.990. The number of Topliss-reactive ketones (excluding diaryl/α,β-unsaturated/α-hetero) is 1. The first-order valence-corrected chi connectivity index (χ1v) is 6.22. The van der Waals surface area contributed by atoms with Crippen LogP contribution in [0.4, 0.5) is 0 Å². The Morgan fingerprint density at radius 1 is 1.15 bits per heavy atom. The molecule has 0 bridgehead atoms. The first-order valence-electron chi connectivity index (χ1n) is 5.84. The molecule has 0 saturated heterocycles. The van der Waals surface area contributed by atoms with Gasteiger partial charge in [0.1, 0.15) is 5.76 Å². The summed E-state index contributed by atoms with van der Waals surface area (Å²) >= 11 is 5.82. The maximum atomic E-state index is 12.0. The molecule has 5 heteroatoms. The first-order chi connectivity index (χ1) is 9.60. The predicted octanol–water partition coefficient (Wildman–Crippen LogP) is 3.51. The molecule has 0 N–H and O–H groups in total. The summed E-state index contributed by atoms with van der Waals surface area (Å²) in [6.45, 7) is 0. The minimum atomic E-state index is -0.428. The van der Waals surface area contributed by atoms with E-state index in [1.165, 1.54) is 13.2 Å². The van der Waals surface area contributed by atoms with Gasteiger partial charge in [0.2, 0.25) is 0 Å². The summed E-state index contributed by atoms with van der Waals surface area (Å²) in [6, 6.07) is 8.49. The second-order valence-electron chi connectivity index (χ2n) is 4.27. The summed E-state index contributed by atoms with van der Waals surface area (Å²) in [7, 11) is 1.34. The van der Waals surface area contributed by atoms with E-state index in [2.05, 4.69) is 0 Å². The van der Waals surface area contributed by atoms with Gasteiger partial charge in [-0.2, -0.15) is 0 Å². The maximum Gasteiger partial charge on any atom is 0.263 e. The number of hydrogen-bond acceptors (Lipinski definition) is 4. The molecular weight excluding hydrogens is 280 g/mol. The van der Waals surface area contributed by atoms with Crippen LogP contribution in [-0.4, -0.2) is 18.7 Å². The Kier molecular flexibility index (Phi) is 2.95. The Labute approximate surface area is 119 Å². The van der Waals surface area contributed by atoms with E-state index in [0.717, 1.165) is 5.56 Å². The van der Waals surface area contributed by atoms with E-state index in [0.29, 0.717) is 10.8 Å². The number of furan rings is 1. The van der Waals surface area contributed by atoms with Gasteiger partial charge < -0.3 is 9.15 Å². The summed E-state index contributed by atoms with van der Waals surface area (Å²) in [5.74, 6) is -0.291. The standard InChI is InChI=1S/C15H9ClO4/c1-19-13-7-11(17)10-6-12(20-15(10)14(13)18)8-2-4-9(16)5-3-8/h2-7H,1H3. The fraction of sp³-hybridized carbons (Fsp3) is 0.0667. The van der Waals surface area contributed by atoms with Crippen molar-refractivity contribution in [3.8, 4) is 11.3 Å². The van der Waals surface area contributed by atoms with Crippen LogP contribution in [0.5, 0.6) is 0 Å². The van der Waals surface area contributed by atoms with Gasteiger partial charge in [-0.3, -0.25) is 9.59 Å². The lowest BCUT2D eigenvalue weighted by Crippen LogP contribution is -2.15. The van der Waals surface area contributed by atoms with Crippen LogP contribution in [0.1, 0.15) is 20.9 Å². The van der Waals surface area contributed by atoms with Crippen LogP contribution in [0.15, 0.2) is 46.6 Å². The lowest BCUT2D eigenvalue weighted by atomic mass is 10.0. The highest BCUT2D eigenvalue weighted by atomic mass is 35.5. The number of halogens is 1. The summed E-state index contributed by atoms with van der Waals surface area (Å²) in [6.07, 6.45) is 1.17. The average molecular weight is 289 g/mol. The third-order valence-electron chi connectivity index (χ3n) is 3.04. The molecule has 4 nitrogen and oxygen atoms in total. The molecule has 0 fully saturated rings. The fourth-order valence-corrected chi connectivity index (χ4v) is 2.15. The Morgan fingerprint density at radius 2 is 1.85 bits per heavy atom. The molecule has 3 rings (SSSR count). The molecule has 1 aliphatic rings. The number of carbonyl (C=O) groups excluding carboxylic acids is 2. The molecule has 0 aliphatic heterocycles. The number of methoxy groups -OCH3 is 1. The SMILES string of the molecule is COC1=CC(=O)c2cc(-c3ccc(Cl)cc3)oc2C1=O. The predicted molar refractivity (Wildman–Crippen MR) is 72.9 cm³/mol. The highest BCUT2D eigenvalue weighted by Crippen LogP contribution is 2.31. The molecule has 1 aliphatic carbocycles. The summed E-state index contributed by atoms with van der Waals surface area (Å²) in [4.78, 5) is 23.9. The molecule has 0 saturated carbocycles. The van der Waals surface area contributed by atoms with Gasteiger partial charge in [-0.25, -0.2) is 0 Å². The van der Waals surface area contributed by atoms with Gasteiger partial charge in [-0.15, -0.1) is 0 Å². The lowest BCUT2D eigenvalue weighted by molar-refractivity contribution is 0.0892. The van der Waals surface area contributed by atoms with Crippen molar-refractivity contribution in [2.24, 2.45) is 0 Å². The average Bonchev–Trinajstić information content (AvgIpc) is 2.89. The van der Waals surface area contributed by atoms with Crippen molar-refractivity contribution in [1.29, 1.82) is 0 Å². The molecular formula is C15H9ClO4. The minimum absolute atomic E-state index is 0.0132. The fourth-order valence-electron chi connectivity index (χ4n) is 2.03. The van der Waals surface area contributed by atoms with E-state index in [1.807, 2.05) is 0 Å². The molecule has 2 aromatic rings. The van der Waals surface area contributed by atoms with E-state index < -0.39 is 5.78 Å². The van der Waals surface area contributed by atoms with E-state index >= 15 is 0 Å². The maximum absolute atomic E-state index is 12.0. The van der Waals surface area contributed by atoms with Gasteiger partial charge in [0.25, 0.3) is 5.78 Å². The van der Waals surface area contributed by atoms with Crippen molar-refractivity contribution in [2.75, 3.05) is 7.11 Å². The zero-order chi connectivity index (χ0) is 14.3. The first kappa shape index (κ1) is 12.7. The zero-order valence-electron chi connectivity index (χ0n) is 10.5. The Balaban J connectivity index is 2.08. The van der Waals surface area contributed by atoms with Gasteiger partial charge in [-0.1, -0.05) is 11.6 Å². The molecule has 100 valence electrons. The zero-order valence-corrected chi connectivity index (χ0v) is 11.2. The highest BCUT2D eigenvalue weighted by molar-refractivity contribution is 6.30. The van der Waals surface area contributed by atoms with Crippen molar-refractivity contribution in [2.45, 2.75) is 0 Å². The largest absolute Gasteiger partial charge is 0.492 e. The van der Waals surface area contributed by atoms with E-state index in [4.69, 9.17) is 20.8 Å². The van der Waals surface area contributed by atoms with Crippen LogP contribution in [0, 0.1) is 0 Å². The normalized spacial score (nSPS) is 14.0. The number of benzene rings is 1. The second kappa shape index (κ2) is 4.65. The molecule has 1 heterocycles. The van der Waals surface area contributed by atoms with Crippen molar-refractivity contribution >= 4 is 23.2 Å². The number of ether oxygens (including phenoxy) is 1. The summed E-state index contributed by atoms with van der Waals surface area (Å²) < 4.78 is 10.4. The van der Waals surface area contributed by atoms with Gasteiger partial charge in [0, 0.05) is 16.7 Å². The van der Waals surface area contributed by atoms with Gasteiger partial charge in [-0.05, 0) is 30.3 Å². The highest BCUT2D eigenvalue weighted by Gasteiger charge is 2.31. The van der Waals surface area contributed by atoms with Crippen LogP contribution in [0.25, 0.3) is 11.3 Å². The molecule has 1 aromatic heterocycles. The van der Waals surface area contributed by atoms with E-state index in [1.54, 1.807) is 30.3 Å². The molecule has 0 spiro atoms. The van der Waals surface area contributed by atoms with Crippen LogP contribution >= 0.6 is 11.6 Å². The number of fused-ring (bicyclic) bond motifs is 1. The second-order valence-corrected chi connectivity index (χ2v) is 4.70. The Hall–Kier alpha value is -2.33. The molecule has 0 unspecified atom stereocenters. The third-order valence-corrected chi connectivity index (χ3v) is 3.29. The van der Waals surface area contributed by atoms with Crippen molar-refractivity contribution in [3.63, 3.8) is 0 Å². The minimum Gasteiger partial charge on any atom is -0.492 e. The molecule has 1 aromatic carbocycles. The van der Waals surface area contributed by atoms with Gasteiger partial charge in [0.05, 0.1) is 12.7 Å². The molecule has 0 amide bonds. The molecule has 0 radical (unpaired) electrons. The number of carbonyl (C=O) groups is 2. The van der Waals surface area contributed by atoms with Gasteiger partial charge >= 0.3 is 0 Å². The Morgan fingerprint density at radius 3 is 2.50 bits per heavy atom. The number of hydrogen-bond donors (Lipinski definition) is 0. The number of allylic oxidation sites excluding steroid dienone is 2. The summed E-state index contributed by atoms with van der Waals surface area (Å²) in [5, 5.41) is 0.598. The third kappa shape index (κ3) is 1.94. The molecule has 0 atom stereocenters. The van der Waals surface area contributed by atoms with Crippen molar-refractivity contribution in [3.05, 3.63) is 58.5 Å². The number of ketones is 2. The molecule has 20 heavy (non-hydrogen) atoms. The van der Waals surface area contributed by atoms with E-state index in [9.17, 15) is 9.59 Å². The van der Waals surface area contributed by atoms with Crippen LogP contribution in [-0.2, 0) is 4.74 Å². The van der Waals surface area contributed by atoms with Crippen molar-refractivity contribution < 1.29 is 18.7 Å². The topological polar surface area (TPSA) is 56.5 Å². The van der Waals surface area contributed by atoms with E-state index in [-0.39, 0.29) is 22.9 Å². The quantitative estimate of drug-likeness (QED) is 0.848. The smallest absolute Gasteiger partial charge is 0.263 e. The number of rotatable bonds is 2. The van der Waals surface area contributed by atoms with Crippen LogP contribution in [0.2, 0.25) is 5.02 Å². The van der Waals surface area contributed by atoms with Crippen molar-refractivity contribution in [1.82, 2.24) is 0 Å². The monoisotopic (exact) mass is 288 g/mol. The van der Waals surface area contributed by atoms with Gasteiger partial charge in [0.15, 0.2) is 17.3 Å². The lowest BCUT2D eigenvalue weighted by Gasteiger charge is -2.08.